The first kappa shape index (κ1) is 12.9. The highest BCUT2D eigenvalue weighted by molar-refractivity contribution is 4.89. The molecule has 1 unspecified atom stereocenters. The molecule has 1 fully saturated rings. The van der Waals surface area contributed by atoms with E-state index < -0.39 is 0 Å². The van der Waals surface area contributed by atoms with Crippen molar-refractivity contribution in [1.29, 1.82) is 0 Å². The Hall–Kier alpha value is -0.120. The second-order valence-corrected chi connectivity index (χ2v) is 5.21. The van der Waals surface area contributed by atoms with E-state index >= 15 is 0 Å². The molecular formula is C12H26N2O. The number of nitrogens with one attached hydrogen (secondary N) is 1. The molecule has 1 N–H and O–H groups in total. The number of methoxy groups -OCH3 is 1. The Bertz CT molecular complexity index is 182. The number of rotatable bonds is 5. The van der Waals surface area contributed by atoms with Crippen molar-refractivity contribution in [3.05, 3.63) is 0 Å². The molecule has 1 saturated heterocycles. The highest BCUT2D eigenvalue weighted by Gasteiger charge is 2.33. The fourth-order valence-corrected chi connectivity index (χ4v) is 2.66. The van der Waals surface area contributed by atoms with E-state index in [1.54, 1.807) is 7.11 Å². The number of likely N-dealkylation sites (tertiary alicyclic amines) is 1. The van der Waals surface area contributed by atoms with E-state index in [1.165, 1.54) is 19.4 Å². The Balaban J connectivity index is 2.43. The molecule has 0 radical (unpaired) electrons. The summed E-state index contributed by atoms with van der Waals surface area (Å²) in [5.41, 5.74) is 0.332. The third kappa shape index (κ3) is 3.74. The van der Waals surface area contributed by atoms with Gasteiger partial charge < -0.3 is 10.1 Å². The van der Waals surface area contributed by atoms with Gasteiger partial charge in [0.1, 0.15) is 0 Å². The van der Waals surface area contributed by atoms with Gasteiger partial charge >= 0.3 is 0 Å². The van der Waals surface area contributed by atoms with Crippen LogP contribution in [0.5, 0.6) is 0 Å². The molecule has 3 nitrogen and oxygen atoms in total. The second-order valence-electron chi connectivity index (χ2n) is 5.21. The number of nitrogens with zero attached hydrogens (tertiary/aromatic N) is 1. The van der Waals surface area contributed by atoms with Gasteiger partial charge in [0, 0.05) is 19.2 Å². The normalized spacial score (nSPS) is 26.8. The van der Waals surface area contributed by atoms with Crippen LogP contribution < -0.4 is 5.32 Å². The lowest BCUT2D eigenvalue weighted by atomic mass is 9.82. The molecule has 0 spiro atoms. The molecule has 1 aliphatic rings. The summed E-state index contributed by atoms with van der Waals surface area (Å²) in [7, 11) is 3.82. The lowest BCUT2D eigenvalue weighted by Gasteiger charge is -2.45. The highest BCUT2D eigenvalue weighted by atomic mass is 16.5. The molecule has 1 rings (SSSR count). The Morgan fingerprint density at radius 3 is 2.73 bits per heavy atom. The van der Waals surface area contributed by atoms with Gasteiger partial charge in [-0.1, -0.05) is 0 Å². The predicted octanol–water partition coefficient (Wildman–Crippen LogP) is 1.34. The van der Waals surface area contributed by atoms with Crippen molar-refractivity contribution >= 4 is 0 Å². The fraction of sp³-hybridized carbons (Fsp3) is 1.00. The largest absolute Gasteiger partial charge is 0.383 e. The highest BCUT2D eigenvalue weighted by Crippen LogP contribution is 2.30. The van der Waals surface area contributed by atoms with Crippen LogP contribution in [0.3, 0.4) is 0 Å². The molecule has 0 aliphatic carbocycles. The van der Waals surface area contributed by atoms with Crippen LogP contribution in [-0.4, -0.2) is 50.8 Å². The van der Waals surface area contributed by atoms with Gasteiger partial charge in [-0.2, -0.15) is 0 Å². The number of piperidine rings is 1. The summed E-state index contributed by atoms with van der Waals surface area (Å²) in [6.45, 7) is 8.98. The van der Waals surface area contributed by atoms with Crippen molar-refractivity contribution in [3.8, 4) is 0 Å². The topological polar surface area (TPSA) is 24.5 Å². The molecule has 90 valence electrons. The molecule has 0 aromatic heterocycles. The van der Waals surface area contributed by atoms with Gasteiger partial charge in [-0.15, -0.1) is 0 Å². The molecule has 15 heavy (non-hydrogen) atoms. The van der Waals surface area contributed by atoms with E-state index in [0.29, 0.717) is 5.54 Å². The van der Waals surface area contributed by atoms with Crippen molar-refractivity contribution in [2.75, 3.05) is 40.4 Å². The van der Waals surface area contributed by atoms with Crippen LogP contribution in [0.25, 0.3) is 0 Å². The van der Waals surface area contributed by atoms with Crippen LogP contribution >= 0.6 is 0 Å². The summed E-state index contributed by atoms with van der Waals surface area (Å²) < 4.78 is 5.16. The minimum absolute atomic E-state index is 0.332. The van der Waals surface area contributed by atoms with E-state index in [-0.39, 0.29) is 0 Å². The van der Waals surface area contributed by atoms with Crippen LogP contribution in [0, 0.1) is 5.92 Å². The first-order chi connectivity index (χ1) is 7.10. The minimum Gasteiger partial charge on any atom is -0.383 e. The second kappa shape index (κ2) is 5.83. The van der Waals surface area contributed by atoms with Crippen LogP contribution in [0.1, 0.15) is 26.7 Å². The van der Waals surface area contributed by atoms with Gasteiger partial charge in [-0.25, -0.2) is 0 Å². The van der Waals surface area contributed by atoms with E-state index in [1.807, 2.05) is 7.05 Å². The lowest BCUT2D eigenvalue weighted by molar-refractivity contribution is 0.0256. The maximum atomic E-state index is 5.16. The summed E-state index contributed by atoms with van der Waals surface area (Å²) in [4.78, 5) is 2.56. The van der Waals surface area contributed by atoms with Crippen molar-refractivity contribution < 1.29 is 4.74 Å². The van der Waals surface area contributed by atoms with Gasteiger partial charge in [-0.05, 0) is 52.7 Å². The summed E-state index contributed by atoms with van der Waals surface area (Å²) >= 11 is 0. The zero-order valence-electron chi connectivity index (χ0n) is 10.7. The first-order valence-corrected chi connectivity index (χ1v) is 5.98. The average Bonchev–Trinajstić information content (AvgIpc) is 2.16. The molecule has 0 saturated carbocycles. The summed E-state index contributed by atoms with van der Waals surface area (Å²) in [5, 5.41) is 3.29. The van der Waals surface area contributed by atoms with E-state index in [4.69, 9.17) is 4.74 Å². The number of hydrogen-bond acceptors (Lipinski definition) is 3. The third-order valence-corrected chi connectivity index (χ3v) is 3.51. The van der Waals surface area contributed by atoms with E-state index in [0.717, 1.165) is 25.6 Å². The Morgan fingerprint density at radius 2 is 2.20 bits per heavy atom. The fourth-order valence-electron chi connectivity index (χ4n) is 2.66. The Kier molecular flexibility index (Phi) is 5.03. The molecule has 1 atom stereocenters. The molecule has 3 heteroatoms. The third-order valence-electron chi connectivity index (χ3n) is 3.51. The minimum atomic E-state index is 0.332. The van der Waals surface area contributed by atoms with Crippen molar-refractivity contribution in [2.24, 2.45) is 5.92 Å². The van der Waals surface area contributed by atoms with Crippen LogP contribution in [0.4, 0.5) is 0 Å². The first-order valence-electron chi connectivity index (χ1n) is 5.98. The van der Waals surface area contributed by atoms with Crippen molar-refractivity contribution in [3.63, 3.8) is 0 Å². The maximum absolute atomic E-state index is 5.16. The molecule has 0 aromatic carbocycles. The summed E-state index contributed by atoms with van der Waals surface area (Å²) in [6, 6.07) is 0. The zero-order chi connectivity index (χ0) is 11.3. The summed E-state index contributed by atoms with van der Waals surface area (Å²) in [6.07, 6.45) is 2.60. The molecule has 0 amide bonds. The number of hydrogen-bond donors (Lipinski definition) is 1. The quantitative estimate of drug-likeness (QED) is 0.747. The maximum Gasteiger partial charge on any atom is 0.0589 e. The monoisotopic (exact) mass is 214 g/mol. The van der Waals surface area contributed by atoms with Crippen LogP contribution in [0.2, 0.25) is 0 Å². The smallest absolute Gasteiger partial charge is 0.0589 e. The average molecular weight is 214 g/mol. The van der Waals surface area contributed by atoms with Crippen LogP contribution in [0.15, 0.2) is 0 Å². The standard InChI is InChI=1S/C12H26N2O/c1-12(2)9-11(10-13-3)5-6-14(12)7-8-15-4/h11,13H,5-10H2,1-4H3. The van der Waals surface area contributed by atoms with E-state index in [9.17, 15) is 0 Å². The zero-order valence-corrected chi connectivity index (χ0v) is 10.7. The van der Waals surface area contributed by atoms with Crippen LogP contribution in [-0.2, 0) is 4.74 Å². The predicted molar refractivity (Wildman–Crippen MR) is 64.2 cm³/mol. The molecular weight excluding hydrogens is 188 g/mol. The number of ether oxygens (including phenoxy) is 1. The Labute approximate surface area is 94.2 Å². The molecule has 1 heterocycles. The van der Waals surface area contributed by atoms with Gasteiger partial charge in [0.25, 0.3) is 0 Å². The van der Waals surface area contributed by atoms with Crippen molar-refractivity contribution in [1.82, 2.24) is 10.2 Å². The molecule has 1 aliphatic heterocycles. The molecule has 0 aromatic rings. The summed E-state index contributed by atoms with van der Waals surface area (Å²) in [5.74, 6) is 0.837. The lowest BCUT2D eigenvalue weighted by Crippen LogP contribution is -2.52. The van der Waals surface area contributed by atoms with E-state index in [2.05, 4.69) is 24.1 Å². The SMILES string of the molecule is CNCC1CCN(CCOC)C(C)(C)C1. The van der Waals surface area contributed by atoms with Gasteiger partial charge in [-0.3, -0.25) is 4.90 Å². The molecule has 0 bridgehead atoms. The van der Waals surface area contributed by atoms with Gasteiger partial charge in [0.05, 0.1) is 6.61 Å². The van der Waals surface area contributed by atoms with Crippen molar-refractivity contribution in [2.45, 2.75) is 32.2 Å². The van der Waals surface area contributed by atoms with Gasteiger partial charge in [0.15, 0.2) is 0 Å². The van der Waals surface area contributed by atoms with Gasteiger partial charge in [0.2, 0.25) is 0 Å². The Morgan fingerprint density at radius 1 is 1.47 bits per heavy atom.